The maximum atomic E-state index is 12.5. The number of rotatable bonds is 7. The molecule has 3 N–H and O–H groups in total. The average Bonchev–Trinajstić information content (AvgIpc) is 3.32. The molecule has 12 nitrogen and oxygen atoms in total. The molecule has 1 atom stereocenters. The summed E-state index contributed by atoms with van der Waals surface area (Å²) in [6.07, 6.45) is 0.636. The monoisotopic (exact) mass is 517 g/mol. The molecule has 0 radical (unpaired) electrons. The molecule has 0 aliphatic carbocycles. The lowest BCUT2D eigenvalue weighted by Crippen LogP contribution is -2.46. The van der Waals surface area contributed by atoms with E-state index in [-0.39, 0.29) is 24.3 Å². The molecule has 3 heterocycles. The molecule has 0 unspecified atom stereocenters. The normalized spacial score (nSPS) is 17.3. The van der Waals surface area contributed by atoms with Gasteiger partial charge in [-0.3, -0.25) is 19.8 Å². The van der Waals surface area contributed by atoms with Crippen molar-refractivity contribution in [1.82, 2.24) is 10.3 Å². The molecule has 0 spiro atoms. The molecule has 2 amide bonds. The summed E-state index contributed by atoms with van der Waals surface area (Å²) < 4.78 is 5.42. The smallest absolute Gasteiger partial charge is 0.414 e. The predicted octanol–water partition coefficient (Wildman–Crippen LogP) is 2.65. The number of nitro benzene ring substituents is 1. The topological polar surface area (TPSA) is 147 Å². The van der Waals surface area contributed by atoms with Crippen LogP contribution in [0, 0.1) is 10.1 Å². The number of pyridine rings is 1. The second kappa shape index (κ2) is 10.6. The van der Waals surface area contributed by atoms with Gasteiger partial charge in [0, 0.05) is 55.2 Å². The fourth-order valence-corrected chi connectivity index (χ4v) is 4.53. The Labute approximate surface area is 218 Å². The molecule has 2 aliphatic heterocycles. The maximum absolute atomic E-state index is 12.5. The zero-order valence-electron chi connectivity index (χ0n) is 20.5. The van der Waals surface area contributed by atoms with E-state index in [0.29, 0.717) is 11.4 Å². The van der Waals surface area contributed by atoms with Crippen molar-refractivity contribution in [2.24, 2.45) is 0 Å². The average molecular weight is 518 g/mol. The summed E-state index contributed by atoms with van der Waals surface area (Å²) in [5.41, 5.74) is 8.15. The van der Waals surface area contributed by atoms with E-state index >= 15 is 0 Å². The van der Waals surface area contributed by atoms with E-state index < -0.39 is 23.0 Å². The van der Waals surface area contributed by atoms with Crippen molar-refractivity contribution in [2.45, 2.75) is 6.10 Å². The Kier molecular flexibility index (Phi) is 6.94. The van der Waals surface area contributed by atoms with Gasteiger partial charge >= 0.3 is 6.09 Å². The largest absolute Gasteiger partial charge is 0.442 e. The van der Waals surface area contributed by atoms with Crippen LogP contribution in [0.4, 0.5) is 33.4 Å². The molecule has 0 bridgehead atoms. The minimum Gasteiger partial charge on any atom is -0.442 e. The van der Waals surface area contributed by atoms with Gasteiger partial charge in [0.1, 0.15) is 11.9 Å². The molecular formula is C26H27N7O5. The van der Waals surface area contributed by atoms with E-state index in [1.165, 1.54) is 29.2 Å². The number of cyclic esters (lactones) is 1. The van der Waals surface area contributed by atoms with Crippen LogP contribution in [0.15, 0.2) is 66.9 Å². The minimum absolute atomic E-state index is 0.0923. The molecule has 5 rings (SSSR count). The van der Waals surface area contributed by atoms with Crippen LogP contribution in [0.2, 0.25) is 0 Å². The number of nitrogens with one attached hydrogen (secondary N) is 1. The van der Waals surface area contributed by atoms with Gasteiger partial charge in [0.25, 0.3) is 11.6 Å². The van der Waals surface area contributed by atoms with E-state index in [2.05, 4.69) is 20.1 Å². The quantitative estimate of drug-likeness (QED) is 0.356. The highest BCUT2D eigenvalue weighted by molar-refractivity contribution is 5.95. The Morgan fingerprint density at radius 2 is 1.76 bits per heavy atom. The number of nitro groups is 1. The van der Waals surface area contributed by atoms with Gasteiger partial charge in [-0.2, -0.15) is 0 Å². The second-order valence-electron chi connectivity index (χ2n) is 9.07. The SMILES string of the molecule is Nc1ccc(N2CCN(c3ccc(N4C[C@H](CNC(=O)c5cccc([N+](=O)[O-])c5)OC4=O)cc3)CC2)nc1. The highest BCUT2D eigenvalue weighted by atomic mass is 16.6. The van der Waals surface area contributed by atoms with E-state index in [4.69, 9.17) is 10.5 Å². The molecule has 2 aliphatic rings. The van der Waals surface area contributed by atoms with Gasteiger partial charge in [0.15, 0.2) is 0 Å². The summed E-state index contributed by atoms with van der Waals surface area (Å²) in [4.78, 5) is 45.7. The van der Waals surface area contributed by atoms with Crippen LogP contribution >= 0.6 is 0 Å². The Balaban J connectivity index is 1.13. The van der Waals surface area contributed by atoms with Gasteiger partial charge in [0.2, 0.25) is 0 Å². The lowest BCUT2D eigenvalue weighted by atomic mass is 10.2. The first-order valence-corrected chi connectivity index (χ1v) is 12.2. The number of hydrogen-bond donors (Lipinski definition) is 2. The summed E-state index contributed by atoms with van der Waals surface area (Å²) in [6, 6.07) is 17.0. The summed E-state index contributed by atoms with van der Waals surface area (Å²) in [6.45, 7) is 3.71. The van der Waals surface area contributed by atoms with Crippen LogP contribution in [0.5, 0.6) is 0 Å². The third kappa shape index (κ3) is 5.43. The first-order valence-electron chi connectivity index (χ1n) is 12.2. The molecule has 3 aromatic rings. The van der Waals surface area contributed by atoms with Crippen LogP contribution < -0.4 is 25.8 Å². The molecule has 2 aromatic carbocycles. The highest BCUT2D eigenvalue weighted by Crippen LogP contribution is 2.26. The zero-order valence-corrected chi connectivity index (χ0v) is 20.5. The van der Waals surface area contributed by atoms with Crippen molar-refractivity contribution in [2.75, 3.05) is 59.7 Å². The third-order valence-electron chi connectivity index (χ3n) is 6.58. The zero-order chi connectivity index (χ0) is 26.6. The third-order valence-corrected chi connectivity index (χ3v) is 6.58. The number of amides is 2. The number of nitrogen functional groups attached to an aromatic ring is 1. The summed E-state index contributed by atoms with van der Waals surface area (Å²) in [5.74, 6) is 0.442. The number of piperazine rings is 1. The molecule has 1 aromatic heterocycles. The number of hydrogen-bond acceptors (Lipinski definition) is 9. The van der Waals surface area contributed by atoms with Gasteiger partial charge in [-0.05, 0) is 42.5 Å². The van der Waals surface area contributed by atoms with E-state index in [1.807, 2.05) is 36.4 Å². The Morgan fingerprint density at radius 1 is 1.05 bits per heavy atom. The van der Waals surface area contributed by atoms with E-state index in [1.54, 1.807) is 6.20 Å². The van der Waals surface area contributed by atoms with Crippen molar-refractivity contribution >= 4 is 40.6 Å². The lowest BCUT2D eigenvalue weighted by molar-refractivity contribution is -0.384. The molecule has 0 saturated carbocycles. The molecule has 2 fully saturated rings. The van der Waals surface area contributed by atoms with Crippen LogP contribution in [0.3, 0.4) is 0 Å². The number of aromatic nitrogens is 1. The van der Waals surface area contributed by atoms with Gasteiger partial charge in [0.05, 0.1) is 29.9 Å². The van der Waals surface area contributed by atoms with Crippen molar-refractivity contribution < 1.29 is 19.2 Å². The Morgan fingerprint density at radius 3 is 2.45 bits per heavy atom. The van der Waals surface area contributed by atoms with Gasteiger partial charge < -0.3 is 25.6 Å². The molecule has 2 saturated heterocycles. The summed E-state index contributed by atoms with van der Waals surface area (Å²) in [5, 5.41) is 13.6. The fourth-order valence-electron chi connectivity index (χ4n) is 4.53. The van der Waals surface area contributed by atoms with Gasteiger partial charge in [-0.25, -0.2) is 9.78 Å². The van der Waals surface area contributed by atoms with Gasteiger partial charge in [-0.1, -0.05) is 6.07 Å². The molecule has 38 heavy (non-hydrogen) atoms. The van der Waals surface area contributed by atoms with Crippen molar-refractivity contribution in [3.8, 4) is 0 Å². The Bertz CT molecular complexity index is 1320. The minimum atomic E-state index is -0.558. The van der Waals surface area contributed by atoms with Crippen molar-refractivity contribution in [3.63, 3.8) is 0 Å². The first kappa shape index (κ1) is 24.8. The molecule has 12 heteroatoms. The summed E-state index contributed by atoms with van der Waals surface area (Å²) >= 11 is 0. The van der Waals surface area contributed by atoms with Crippen LogP contribution in [0.25, 0.3) is 0 Å². The number of carbonyl (C=O) groups is 2. The number of benzene rings is 2. The highest BCUT2D eigenvalue weighted by Gasteiger charge is 2.32. The number of ether oxygens (including phenoxy) is 1. The van der Waals surface area contributed by atoms with Crippen LogP contribution in [-0.4, -0.2) is 67.3 Å². The number of carbonyl (C=O) groups excluding carboxylic acids is 2. The standard InChI is InChI=1S/C26H27N7O5/c27-19-4-9-24(28-15-19)31-12-10-30(11-13-31)20-5-7-21(8-6-20)32-17-23(38-26(32)35)16-29-25(34)18-2-1-3-22(14-18)33(36)37/h1-9,14-15,23H,10-13,16-17,27H2,(H,29,34)/t23-/m0/s1. The first-order chi connectivity index (χ1) is 18.4. The Hall–Kier alpha value is -4.87. The fraction of sp³-hybridized carbons (Fsp3) is 0.269. The second-order valence-corrected chi connectivity index (χ2v) is 9.07. The number of nitrogens with zero attached hydrogens (tertiary/aromatic N) is 5. The van der Waals surface area contributed by atoms with Crippen molar-refractivity contribution in [3.05, 3.63) is 82.5 Å². The van der Waals surface area contributed by atoms with Gasteiger partial charge in [-0.15, -0.1) is 0 Å². The maximum Gasteiger partial charge on any atom is 0.414 e. The summed E-state index contributed by atoms with van der Waals surface area (Å²) in [7, 11) is 0. The predicted molar refractivity (Wildman–Crippen MR) is 143 cm³/mol. The van der Waals surface area contributed by atoms with Crippen LogP contribution in [-0.2, 0) is 4.74 Å². The van der Waals surface area contributed by atoms with E-state index in [0.717, 1.165) is 37.7 Å². The van der Waals surface area contributed by atoms with E-state index in [9.17, 15) is 19.7 Å². The molecular weight excluding hydrogens is 490 g/mol. The lowest BCUT2D eigenvalue weighted by Gasteiger charge is -2.36. The van der Waals surface area contributed by atoms with Crippen LogP contribution in [0.1, 0.15) is 10.4 Å². The molecule has 196 valence electrons. The number of non-ortho nitro benzene ring substituents is 1. The number of nitrogens with two attached hydrogens (primary N) is 1. The number of anilines is 4. The van der Waals surface area contributed by atoms with Crippen molar-refractivity contribution in [1.29, 1.82) is 0 Å².